The van der Waals surface area contributed by atoms with Crippen LogP contribution in [0.4, 0.5) is 4.39 Å². The number of rotatable bonds is 5. The van der Waals surface area contributed by atoms with Gasteiger partial charge in [0, 0.05) is 22.4 Å². The fourth-order valence-corrected chi connectivity index (χ4v) is 2.54. The van der Waals surface area contributed by atoms with Crippen LogP contribution in [0.3, 0.4) is 0 Å². The Labute approximate surface area is 119 Å². The van der Waals surface area contributed by atoms with Gasteiger partial charge in [0.25, 0.3) is 0 Å². The lowest BCUT2D eigenvalue weighted by atomic mass is 10.2. The summed E-state index contributed by atoms with van der Waals surface area (Å²) in [6.45, 7) is 0. The molecule has 2 rings (SSSR count). The van der Waals surface area contributed by atoms with E-state index in [4.69, 9.17) is 9.84 Å². The molecule has 20 heavy (non-hydrogen) atoms. The van der Waals surface area contributed by atoms with Gasteiger partial charge in [-0.05, 0) is 30.3 Å². The number of aromatic carboxylic acids is 1. The van der Waals surface area contributed by atoms with E-state index in [2.05, 4.69) is 4.98 Å². The molecule has 104 valence electrons. The monoisotopic (exact) mass is 293 g/mol. The number of ether oxygens (including phenoxy) is 1. The smallest absolute Gasteiger partial charge is 0.354 e. The molecule has 0 radical (unpaired) electrons. The van der Waals surface area contributed by atoms with Crippen LogP contribution in [0.25, 0.3) is 0 Å². The van der Waals surface area contributed by atoms with Crippen LogP contribution >= 0.6 is 11.8 Å². The molecule has 0 aliphatic heterocycles. The van der Waals surface area contributed by atoms with E-state index in [-0.39, 0.29) is 11.5 Å². The Balaban J connectivity index is 2.14. The molecule has 0 aliphatic carbocycles. The van der Waals surface area contributed by atoms with Gasteiger partial charge < -0.3 is 9.84 Å². The zero-order valence-electron chi connectivity index (χ0n) is 10.7. The molecule has 0 saturated heterocycles. The SMILES string of the molecule is COc1ccc(F)cc1CSc1ccnc(C(=O)O)c1. The summed E-state index contributed by atoms with van der Waals surface area (Å²) in [4.78, 5) is 15.3. The third-order valence-corrected chi connectivity index (χ3v) is 3.63. The van der Waals surface area contributed by atoms with Crippen molar-refractivity contribution in [2.75, 3.05) is 7.11 Å². The van der Waals surface area contributed by atoms with Crippen LogP contribution in [0.15, 0.2) is 41.4 Å². The van der Waals surface area contributed by atoms with Gasteiger partial charge in [0.15, 0.2) is 0 Å². The molecule has 4 nitrogen and oxygen atoms in total. The van der Waals surface area contributed by atoms with Crippen molar-refractivity contribution in [1.29, 1.82) is 0 Å². The molecule has 2 aromatic rings. The highest BCUT2D eigenvalue weighted by Crippen LogP contribution is 2.28. The van der Waals surface area contributed by atoms with E-state index in [1.807, 2.05) is 0 Å². The molecule has 1 heterocycles. The number of carbonyl (C=O) groups is 1. The lowest BCUT2D eigenvalue weighted by molar-refractivity contribution is 0.0690. The van der Waals surface area contributed by atoms with Crippen LogP contribution in [-0.4, -0.2) is 23.2 Å². The Hall–Kier alpha value is -2.08. The normalized spacial score (nSPS) is 10.3. The lowest BCUT2D eigenvalue weighted by Gasteiger charge is -2.08. The van der Waals surface area contributed by atoms with Gasteiger partial charge >= 0.3 is 5.97 Å². The average molecular weight is 293 g/mol. The molecule has 0 fully saturated rings. The van der Waals surface area contributed by atoms with Gasteiger partial charge in [-0.2, -0.15) is 0 Å². The molecule has 1 aromatic heterocycles. The molecule has 0 bridgehead atoms. The molecule has 1 N–H and O–H groups in total. The summed E-state index contributed by atoms with van der Waals surface area (Å²) in [5.74, 6) is -0.325. The summed E-state index contributed by atoms with van der Waals surface area (Å²) in [5.41, 5.74) is 0.701. The van der Waals surface area contributed by atoms with Crippen molar-refractivity contribution < 1.29 is 19.0 Å². The molecule has 0 spiro atoms. The largest absolute Gasteiger partial charge is 0.496 e. The molecule has 0 amide bonds. The molecule has 0 aliphatic rings. The maximum Gasteiger partial charge on any atom is 0.354 e. The van der Waals surface area contributed by atoms with Gasteiger partial charge in [-0.15, -0.1) is 11.8 Å². The first-order valence-electron chi connectivity index (χ1n) is 5.74. The fourth-order valence-electron chi connectivity index (χ4n) is 1.64. The number of nitrogens with zero attached hydrogens (tertiary/aromatic N) is 1. The van der Waals surface area contributed by atoms with Gasteiger partial charge in [-0.1, -0.05) is 0 Å². The molecule has 6 heteroatoms. The van der Waals surface area contributed by atoms with Crippen molar-refractivity contribution in [3.05, 3.63) is 53.6 Å². The van der Waals surface area contributed by atoms with E-state index in [9.17, 15) is 9.18 Å². The standard InChI is InChI=1S/C14H12FNO3S/c1-19-13-3-2-10(15)6-9(13)8-20-11-4-5-16-12(7-11)14(17)18/h2-7H,8H2,1H3,(H,17,18). The number of carboxylic acids is 1. The molecule has 0 saturated carbocycles. The summed E-state index contributed by atoms with van der Waals surface area (Å²) >= 11 is 1.39. The van der Waals surface area contributed by atoms with E-state index in [0.29, 0.717) is 17.1 Å². The number of halogens is 1. The molecular formula is C14H12FNO3S. The van der Waals surface area contributed by atoms with Crippen LogP contribution in [-0.2, 0) is 5.75 Å². The minimum Gasteiger partial charge on any atom is -0.496 e. The van der Waals surface area contributed by atoms with Gasteiger partial charge in [-0.3, -0.25) is 0 Å². The third-order valence-electron chi connectivity index (χ3n) is 2.59. The number of thioether (sulfide) groups is 1. The Morgan fingerprint density at radius 1 is 1.40 bits per heavy atom. The van der Waals surface area contributed by atoms with E-state index >= 15 is 0 Å². The first kappa shape index (κ1) is 14.3. The minimum absolute atomic E-state index is 0.0128. The van der Waals surface area contributed by atoms with E-state index < -0.39 is 5.97 Å². The van der Waals surface area contributed by atoms with Crippen molar-refractivity contribution in [3.8, 4) is 5.75 Å². The molecule has 0 atom stereocenters. The van der Waals surface area contributed by atoms with E-state index in [0.717, 1.165) is 4.90 Å². The number of hydrogen-bond donors (Lipinski definition) is 1. The summed E-state index contributed by atoms with van der Waals surface area (Å²) in [6, 6.07) is 7.51. The second-order valence-electron chi connectivity index (χ2n) is 3.93. The number of carboxylic acid groups (broad SMARTS) is 1. The Kier molecular flexibility index (Phi) is 4.57. The third kappa shape index (κ3) is 3.48. The summed E-state index contributed by atoms with van der Waals surface area (Å²) in [6.07, 6.45) is 1.44. The highest BCUT2D eigenvalue weighted by Gasteiger charge is 2.08. The van der Waals surface area contributed by atoms with Gasteiger partial charge in [0.05, 0.1) is 7.11 Å². The van der Waals surface area contributed by atoms with Crippen molar-refractivity contribution in [1.82, 2.24) is 4.98 Å². The number of methoxy groups -OCH3 is 1. The number of aromatic nitrogens is 1. The Morgan fingerprint density at radius 3 is 2.90 bits per heavy atom. The highest BCUT2D eigenvalue weighted by atomic mass is 32.2. The summed E-state index contributed by atoms with van der Waals surface area (Å²) < 4.78 is 18.4. The lowest BCUT2D eigenvalue weighted by Crippen LogP contribution is -1.99. The van der Waals surface area contributed by atoms with Crippen LogP contribution in [0.2, 0.25) is 0 Å². The second-order valence-corrected chi connectivity index (χ2v) is 4.98. The van der Waals surface area contributed by atoms with Crippen LogP contribution in [0, 0.1) is 5.82 Å². The quantitative estimate of drug-likeness (QED) is 0.858. The van der Waals surface area contributed by atoms with Gasteiger partial charge in [0.1, 0.15) is 17.3 Å². The van der Waals surface area contributed by atoms with Crippen LogP contribution < -0.4 is 4.74 Å². The van der Waals surface area contributed by atoms with Crippen LogP contribution in [0.5, 0.6) is 5.75 Å². The van der Waals surface area contributed by atoms with Crippen molar-refractivity contribution in [2.24, 2.45) is 0 Å². The zero-order chi connectivity index (χ0) is 14.5. The van der Waals surface area contributed by atoms with E-state index in [1.54, 1.807) is 12.1 Å². The first-order chi connectivity index (χ1) is 9.60. The molecule has 0 unspecified atom stereocenters. The highest BCUT2D eigenvalue weighted by molar-refractivity contribution is 7.98. The predicted molar refractivity (Wildman–Crippen MR) is 73.7 cm³/mol. The zero-order valence-corrected chi connectivity index (χ0v) is 11.5. The summed E-state index contributed by atoms with van der Waals surface area (Å²) in [5, 5.41) is 8.87. The number of hydrogen-bond acceptors (Lipinski definition) is 4. The second kappa shape index (κ2) is 6.38. The summed E-state index contributed by atoms with van der Waals surface area (Å²) in [7, 11) is 1.52. The van der Waals surface area contributed by atoms with Crippen molar-refractivity contribution in [3.63, 3.8) is 0 Å². The fraction of sp³-hybridized carbons (Fsp3) is 0.143. The van der Waals surface area contributed by atoms with Gasteiger partial charge in [0.2, 0.25) is 0 Å². The minimum atomic E-state index is -1.07. The molecular weight excluding hydrogens is 281 g/mol. The van der Waals surface area contributed by atoms with Gasteiger partial charge in [-0.25, -0.2) is 14.2 Å². The topological polar surface area (TPSA) is 59.4 Å². The number of benzene rings is 1. The van der Waals surface area contributed by atoms with E-state index in [1.165, 1.54) is 43.3 Å². The maximum atomic E-state index is 13.2. The van der Waals surface area contributed by atoms with Crippen molar-refractivity contribution in [2.45, 2.75) is 10.6 Å². The predicted octanol–water partition coefficient (Wildman–Crippen LogP) is 3.22. The Morgan fingerprint density at radius 2 is 2.20 bits per heavy atom. The number of pyridine rings is 1. The first-order valence-corrected chi connectivity index (χ1v) is 6.73. The molecule has 1 aromatic carbocycles. The maximum absolute atomic E-state index is 13.2. The Bertz CT molecular complexity index is 634. The van der Waals surface area contributed by atoms with Crippen molar-refractivity contribution >= 4 is 17.7 Å². The van der Waals surface area contributed by atoms with Crippen LogP contribution in [0.1, 0.15) is 16.1 Å². The average Bonchev–Trinajstić information content (AvgIpc) is 2.45.